The van der Waals surface area contributed by atoms with E-state index in [0.717, 1.165) is 27.6 Å². The molecule has 6 nitrogen and oxygen atoms in total. The van der Waals surface area contributed by atoms with Crippen LogP contribution in [0.4, 0.5) is 5.69 Å². The van der Waals surface area contributed by atoms with Gasteiger partial charge in [-0.05, 0) is 36.1 Å². The minimum atomic E-state index is -0.690. The Hall–Kier alpha value is -3.77. The van der Waals surface area contributed by atoms with Gasteiger partial charge in [0, 0.05) is 42.7 Å². The number of aromatic nitrogens is 2. The lowest BCUT2D eigenvalue weighted by Crippen LogP contribution is -2.26. The third-order valence-electron chi connectivity index (χ3n) is 5.26. The summed E-state index contributed by atoms with van der Waals surface area (Å²) in [6, 6.07) is 18.9. The Labute approximate surface area is 180 Å². The van der Waals surface area contributed by atoms with Crippen LogP contribution in [-0.2, 0) is 16.1 Å². The van der Waals surface area contributed by atoms with Gasteiger partial charge in [0.15, 0.2) is 0 Å². The summed E-state index contributed by atoms with van der Waals surface area (Å²) in [6.07, 6.45) is 3.37. The first-order chi connectivity index (χ1) is 15.1. The number of fused-ring (bicyclic) bond motifs is 1. The minimum absolute atomic E-state index is 0.358. The van der Waals surface area contributed by atoms with Gasteiger partial charge in [0.25, 0.3) is 11.7 Å². The van der Waals surface area contributed by atoms with Gasteiger partial charge in [-0.3, -0.25) is 14.6 Å². The first-order valence-electron chi connectivity index (χ1n) is 10.0. The molecule has 0 radical (unpaired) electrons. The van der Waals surface area contributed by atoms with E-state index in [0.29, 0.717) is 24.5 Å². The molecule has 1 N–H and O–H groups in total. The zero-order valence-corrected chi connectivity index (χ0v) is 17.5. The third kappa shape index (κ3) is 4.11. The lowest BCUT2D eigenvalue weighted by molar-refractivity contribution is -0.112. The largest absolute Gasteiger partial charge is 0.383 e. The molecule has 0 unspecified atom stereocenters. The zero-order chi connectivity index (χ0) is 21.8. The van der Waals surface area contributed by atoms with Gasteiger partial charge in [-0.25, -0.2) is 0 Å². The maximum atomic E-state index is 13.4. The molecular weight excluding hydrogens is 390 g/mol. The Balaban J connectivity index is 1.73. The van der Waals surface area contributed by atoms with Gasteiger partial charge in [0.05, 0.1) is 12.3 Å². The zero-order valence-electron chi connectivity index (χ0n) is 17.5. The van der Waals surface area contributed by atoms with Crippen LogP contribution in [-0.4, -0.2) is 35.0 Å². The molecule has 1 amide bonds. The molecule has 0 aliphatic heterocycles. The monoisotopic (exact) mass is 413 g/mol. The number of methoxy groups -OCH3 is 1. The number of nitrogens with one attached hydrogen (secondary N) is 1. The van der Waals surface area contributed by atoms with Crippen molar-refractivity contribution in [3.63, 3.8) is 0 Å². The highest BCUT2D eigenvalue weighted by Gasteiger charge is 2.26. The molecular formula is C25H23N3O3. The van der Waals surface area contributed by atoms with Crippen molar-refractivity contribution in [3.8, 4) is 11.1 Å². The Morgan fingerprint density at radius 2 is 1.87 bits per heavy atom. The van der Waals surface area contributed by atoms with Crippen LogP contribution < -0.4 is 5.32 Å². The van der Waals surface area contributed by atoms with E-state index in [1.807, 2.05) is 66.1 Å². The molecule has 31 heavy (non-hydrogen) atoms. The summed E-state index contributed by atoms with van der Waals surface area (Å²) in [5, 5.41) is 4.49. The van der Waals surface area contributed by atoms with Crippen LogP contribution in [0.5, 0.6) is 0 Å². The number of benzene rings is 2. The van der Waals surface area contributed by atoms with Gasteiger partial charge in [-0.15, -0.1) is 0 Å². The summed E-state index contributed by atoms with van der Waals surface area (Å²) >= 11 is 0. The molecule has 0 aliphatic rings. The van der Waals surface area contributed by atoms with E-state index in [4.69, 9.17) is 4.74 Å². The number of carbonyl (C=O) groups excluding carboxylic acids is 2. The number of anilines is 1. The maximum Gasteiger partial charge on any atom is 0.298 e. The Morgan fingerprint density at radius 1 is 1.06 bits per heavy atom. The predicted molar refractivity (Wildman–Crippen MR) is 121 cm³/mol. The van der Waals surface area contributed by atoms with Gasteiger partial charge < -0.3 is 14.6 Å². The second kappa shape index (κ2) is 8.93. The lowest BCUT2D eigenvalue weighted by atomic mass is 10.0. The normalized spacial score (nSPS) is 10.9. The summed E-state index contributed by atoms with van der Waals surface area (Å²) in [6.45, 7) is 2.83. The fraction of sp³-hybridized carbons (Fsp3) is 0.160. The lowest BCUT2D eigenvalue weighted by Gasteiger charge is -2.13. The maximum absolute atomic E-state index is 13.4. The van der Waals surface area contributed by atoms with E-state index in [-0.39, 0.29) is 0 Å². The van der Waals surface area contributed by atoms with E-state index < -0.39 is 11.7 Å². The highest BCUT2D eigenvalue weighted by molar-refractivity contribution is 6.47. The standard InChI is InChI=1S/C25H23N3O3/c1-17-15-20(18-7-4-3-5-8-18)23(28(17)13-14-31-2)24(29)25(30)27-22-10-6-9-19-11-12-26-16-21(19)22/h3-12,15-16H,13-14H2,1-2H3,(H,27,30). The second-order valence-electron chi connectivity index (χ2n) is 7.24. The molecule has 4 aromatic rings. The number of rotatable bonds is 7. The number of hydrogen-bond acceptors (Lipinski definition) is 4. The average Bonchev–Trinajstić information content (AvgIpc) is 3.14. The molecule has 0 saturated carbocycles. The number of aryl methyl sites for hydroxylation is 1. The molecule has 2 heterocycles. The van der Waals surface area contributed by atoms with Crippen LogP contribution in [0.15, 0.2) is 73.1 Å². The molecule has 0 saturated heterocycles. The van der Waals surface area contributed by atoms with Crippen LogP contribution in [0.2, 0.25) is 0 Å². The van der Waals surface area contributed by atoms with Gasteiger partial charge in [-0.2, -0.15) is 0 Å². The molecule has 0 atom stereocenters. The quantitative estimate of drug-likeness (QED) is 0.358. The van der Waals surface area contributed by atoms with E-state index >= 15 is 0 Å². The summed E-state index contributed by atoms with van der Waals surface area (Å²) in [5.74, 6) is -1.28. The van der Waals surface area contributed by atoms with Crippen molar-refractivity contribution in [1.29, 1.82) is 0 Å². The first-order valence-corrected chi connectivity index (χ1v) is 10.0. The summed E-state index contributed by atoms with van der Waals surface area (Å²) in [4.78, 5) is 30.6. The van der Waals surface area contributed by atoms with E-state index in [1.165, 1.54) is 0 Å². The van der Waals surface area contributed by atoms with Crippen molar-refractivity contribution in [2.45, 2.75) is 13.5 Å². The highest BCUT2D eigenvalue weighted by atomic mass is 16.5. The highest BCUT2D eigenvalue weighted by Crippen LogP contribution is 2.29. The summed E-state index contributed by atoms with van der Waals surface area (Å²) in [5.41, 5.74) is 3.41. The van der Waals surface area contributed by atoms with Crippen molar-refractivity contribution < 1.29 is 14.3 Å². The fourth-order valence-electron chi connectivity index (χ4n) is 3.74. The Morgan fingerprint density at radius 3 is 2.65 bits per heavy atom. The van der Waals surface area contributed by atoms with Crippen LogP contribution in [0.25, 0.3) is 21.9 Å². The molecule has 0 aliphatic carbocycles. The number of carbonyl (C=O) groups is 2. The topological polar surface area (TPSA) is 73.2 Å². The number of Topliss-reactive ketones (excluding diaryl/α,β-unsaturated/α-hetero) is 1. The minimum Gasteiger partial charge on any atom is -0.383 e. The van der Waals surface area contributed by atoms with Crippen molar-refractivity contribution in [2.75, 3.05) is 19.0 Å². The summed E-state index contributed by atoms with van der Waals surface area (Å²) < 4.78 is 7.06. The van der Waals surface area contributed by atoms with Crippen LogP contribution in [0, 0.1) is 6.92 Å². The van der Waals surface area contributed by atoms with E-state index in [1.54, 1.807) is 25.6 Å². The Bertz CT molecular complexity index is 1240. The average molecular weight is 413 g/mol. The number of ether oxygens (including phenoxy) is 1. The number of amides is 1. The number of ketones is 1. The predicted octanol–water partition coefficient (Wildman–Crippen LogP) is 4.48. The molecule has 2 aromatic carbocycles. The fourth-order valence-corrected chi connectivity index (χ4v) is 3.74. The summed E-state index contributed by atoms with van der Waals surface area (Å²) in [7, 11) is 1.61. The second-order valence-corrected chi connectivity index (χ2v) is 7.24. The van der Waals surface area contributed by atoms with Gasteiger partial charge in [0.2, 0.25) is 0 Å². The van der Waals surface area contributed by atoms with Crippen LogP contribution >= 0.6 is 0 Å². The van der Waals surface area contributed by atoms with Crippen LogP contribution in [0.1, 0.15) is 16.2 Å². The van der Waals surface area contributed by atoms with Crippen molar-refractivity contribution in [2.24, 2.45) is 0 Å². The molecule has 4 rings (SSSR count). The van der Waals surface area contributed by atoms with Gasteiger partial charge in [-0.1, -0.05) is 42.5 Å². The van der Waals surface area contributed by atoms with E-state index in [2.05, 4.69) is 10.3 Å². The third-order valence-corrected chi connectivity index (χ3v) is 5.26. The SMILES string of the molecule is COCCn1c(C)cc(-c2ccccc2)c1C(=O)C(=O)Nc1cccc2ccncc12. The Kier molecular flexibility index (Phi) is 5.91. The molecule has 6 heteroatoms. The number of hydrogen-bond donors (Lipinski definition) is 1. The number of nitrogens with zero attached hydrogens (tertiary/aromatic N) is 2. The van der Waals surface area contributed by atoms with E-state index in [9.17, 15) is 9.59 Å². The van der Waals surface area contributed by atoms with Crippen molar-refractivity contribution >= 4 is 28.2 Å². The van der Waals surface area contributed by atoms with Crippen molar-refractivity contribution in [3.05, 3.63) is 84.4 Å². The molecule has 0 spiro atoms. The smallest absolute Gasteiger partial charge is 0.298 e. The van der Waals surface area contributed by atoms with Gasteiger partial charge >= 0.3 is 0 Å². The first kappa shape index (κ1) is 20.5. The van der Waals surface area contributed by atoms with Crippen molar-refractivity contribution in [1.82, 2.24) is 9.55 Å². The number of pyridine rings is 1. The molecule has 156 valence electrons. The molecule has 0 fully saturated rings. The van der Waals surface area contributed by atoms with Crippen LogP contribution in [0.3, 0.4) is 0 Å². The molecule has 2 aromatic heterocycles. The molecule has 0 bridgehead atoms. The van der Waals surface area contributed by atoms with Gasteiger partial charge in [0.1, 0.15) is 5.69 Å².